The Kier molecular flexibility index (Phi) is 17.5. The third-order valence-electron chi connectivity index (χ3n) is 11.0. The Morgan fingerprint density at radius 1 is 0.815 bits per heavy atom. The molecule has 2 aromatic rings. The predicted octanol–water partition coefficient (Wildman–Crippen LogP) is 1.26. The van der Waals surface area contributed by atoms with Gasteiger partial charge in [0.25, 0.3) is 10.0 Å². The van der Waals surface area contributed by atoms with E-state index in [1.807, 2.05) is 13.8 Å². The quantitative estimate of drug-likeness (QED) is 0.0576. The lowest BCUT2D eigenvalue weighted by atomic mass is 9.94. The molecule has 0 bridgehead atoms. The zero-order valence-electron chi connectivity index (χ0n) is 38.9. The van der Waals surface area contributed by atoms with Crippen molar-refractivity contribution in [1.29, 1.82) is 0 Å². The molecule has 20 heteroatoms. The normalized spacial score (nSPS) is 22.2. The van der Waals surface area contributed by atoms with Crippen molar-refractivity contribution < 1.29 is 46.7 Å². The summed E-state index contributed by atoms with van der Waals surface area (Å²) in [5.41, 5.74) is 13.7. The number of sulfonamides is 1. The summed E-state index contributed by atoms with van der Waals surface area (Å²) in [6.07, 6.45) is 1.03. The summed E-state index contributed by atoms with van der Waals surface area (Å²) >= 11 is 0. The zero-order chi connectivity index (χ0) is 48.4. The van der Waals surface area contributed by atoms with E-state index in [-0.39, 0.29) is 37.1 Å². The summed E-state index contributed by atoms with van der Waals surface area (Å²) in [6, 6.07) is 2.26. The van der Waals surface area contributed by atoms with Crippen LogP contribution in [0.15, 0.2) is 40.2 Å². The van der Waals surface area contributed by atoms with E-state index in [1.54, 1.807) is 71.9 Å². The highest BCUT2D eigenvalue weighted by atomic mass is 32.2. The molecule has 5 amide bonds. The number of rotatable bonds is 14. The number of fused-ring (bicyclic) bond motifs is 1. The third-order valence-corrected chi connectivity index (χ3v) is 12.7. The molecule has 2 aromatic carbocycles. The van der Waals surface area contributed by atoms with Crippen LogP contribution in [0, 0.1) is 20.8 Å². The number of benzene rings is 2. The maximum Gasteiger partial charge on any atom is 0.308 e. The molecule has 0 aromatic heterocycles. The molecule has 10 N–H and O–H groups in total. The van der Waals surface area contributed by atoms with Crippen molar-refractivity contribution in [3.63, 3.8) is 0 Å². The number of nitrogens with one attached hydrogen (secondary N) is 6. The van der Waals surface area contributed by atoms with Crippen LogP contribution in [-0.2, 0) is 56.4 Å². The SMILES string of the molecule is Cc1c(C)c(S(=O)(=O)NC(N)=NCCC[C@@H]2NC(=O)[C@H](CCCCN)NC(=O)[C@@H](Cc3ccccc3)NC(=O)[C@H](CC(=O)OC(C)(C)C)NC(=O)[C@H](C)NC2=O)c(C)c2c1OC(C)(C)C2. The number of hydrogen-bond acceptors (Lipinski definition) is 12. The Bertz CT molecular complexity index is 2240. The number of nitrogens with two attached hydrogens (primary N) is 2. The first-order valence-corrected chi connectivity index (χ1v) is 23.4. The summed E-state index contributed by atoms with van der Waals surface area (Å²) in [5.74, 6) is -4.44. The third kappa shape index (κ3) is 14.6. The molecule has 358 valence electrons. The van der Waals surface area contributed by atoms with Gasteiger partial charge in [-0.2, -0.15) is 0 Å². The van der Waals surface area contributed by atoms with Crippen LogP contribution < -0.4 is 47.5 Å². The lowest BCUT2D eigenvalue weighted by molar-refractivity contribution is -0.156. The number of esters is 1. The van der Waals surface area contributed by atoms with E-state index >= 15 is 0 Å². The Balaban J connectivity index is 1.60. The minimum Gasteiger partial charge on any atom is -0.487 e. The number of carbonyl (C=O) groups is 6. The van der Waals surface area contributed by atoms with Crippen LogP contribution in [0.4, 0.5) is 0 Å². The van der Waals surface area contributed by atoms with Gasteiger partial charge >= 0.3 is 5.97 Å². The number of guanidine groups is 1. The van der Waals surface area contributed by atoms with Gasteiger partial charge in [0.2, 0.25) is 35.5 Å². The minimum atomic E-state index is -4.20. The van der Waals surface area contributed by atoms with Gasteiger partial charge in [-0.3, -0.25) is 33.8 Å². The topological polar surface area (TPSA) is 292 Å². The van der Waals surface area contributed by atoms with Crippen molar-refractivity contribution in [2.45, 2.75) is 160 Å². The van der Waals surface area contributed by atoms with Gasteiger partial charge in [0.1, 0.15) is 47.2 Å². The number of ether oxygens (including phenoxy) is 2. The van der Waals surface area contributed by atoms with E-state index in [0.717, 1.165) is 5.56 Å². The Hall–Kier alpha value is -5.76. The van der Waals surface area contributed by atoms with Crippen LogP contribution >= 0.6 is 0 Å². The van der Waals surface area contributed by atoms with E-state index in [0.29, 0.717) is 53.8 Å². The molecule has 0 spiro atoms. The molecule has 1 fully saturated rings. The molecular formula is C45H67N9O10S. The van der Waals surface area contributed by atoms with Crippen molar-refractivity contribution in [1.82, 2.24) is 31.3 Å². The van der Waals surface area contributed by atoms with Gasteiger partial charge in [-0.05, 0) is 123 Å². The van der Waals surface area contributed by atoms with E-state index < -0.39 is 99.3 Å². The smallest absolute Gasteiger partial charge is 0.308 e. The molecule has 2 aliphatic heterocycles. The molecule has 65 heavy (non-hydrogen) atoms. The van der Waals surface area contributed by atoms with Gasteiger partial charge < -0.3 is 47.5 Å². The van der Waals surface area contributed by atoms with Gasteiger partial charge in [-0.25, -0.2) is 13.1 Å². The molecule has 0 saturated carbocycles. The van der Waals surface area contributed by atoms with Crippen molar-refractivity contribution >= 4 is 51.5 Å². The Morgan fingerprint density at radius 2 is 1.37 bits per heavy atom. The maximum absolute atomic E-state index is 14.1. The molecule has 1 saturated heterocycles. The molecule has 2 aliphatic rings. The average Bonchev–Trinajstić information content (AvgIpc) is 3.54. The van der Waals surface area contributed by atoms with Crippen LogP contribution in [-0.4, -0.2) is 104 Å². The maximum atomic E-state index is 14.1. The van der Waals surface area contributed by atoms with Crippen molar-refractivity contribution in [2.24, 2.45) is 16.5 Å². The summed E-state index contributed by atoms with van der Waals surface area (Å²) in [6.45, 7) is 15.6. The Morgan fingerprint density at radius 3 is 1.98 bits per heavy atom. The Labute approximate surface area is 381 Å². The first kappa shape index (κ1) is 51.9. The van der Waals surface area contributed by atoms with Crippen LogP contribution in [0.25, 0.3) is 0 Å². The zero-order valence-corrected chi connectivity index (χ0v) is 39.8. The second-order valence-corrected chi connectivity index (χ2v) is 19.9. The second-order valence-electron chi connectivity index (χ2n) is 18.3. The van der Waals surface area contributed by atoms with Crippen LogP contribution in [0.5, 0.6) is 5.75 Å². The van der Waals surface area contributed by atoms with Crippen molar-refractivity contribution in [3.8, 4) is 5.75 Å². The second kappa shape index (κ2) is 21.9. The van der Waals surface area contributed by atoms with Gasteiger partial charge in [0.15, 0.2) is 0 Å². The predicted molar refractivity (Wildman–Crippen MR) is 244 cm³/mol. The lowest BCUT2D eigenvalue weighted by Crippen LogP contribution is -2.58. The van der Waals surface area contributed by atoms with Crippen LogP contribution in [0.3, 0.4) is 0 Å². The number of unbranched alkanes of at least 4 members (excludes halogenated alkanes) is 1. The van der Waals surface area contributed by atoms with Gasteiger partial charge in [0.05, 0.1) is 11.3 Å². The molecule has 5 atom stereocenters. The number of nitrogens with zero attached hydrogens (tertiary/aromatic N) is 1. The summed E-state index contributed by atoms with van der Waals surface area (Å²) in [5, 5.41) is 13.2. The van der Waals surface area contributed by atoms with E-state index in [2.05, 4.69) is 36.3 Å². The van der Waals surface area contributed by atoms with E-state index in [1.165, 1.54) is 6.92 Å². The van der Waals surface area contributed by atoms with E-state index in [9.17, 15) is 37.2 Å². The first-order chi connectivity index (χ1) is 30.3. The standard InChI is InChI=1S/C45H67N9O10S/c1-25-26(2)37(27(3)30-24-45(8,9)64-36(25)30)65(61,62)54-43(47)48-21-15-19-32-39(57)49-28(4)38(56)52-34(23-35(55)63-44(5,6)7)42(60)53-33(22-29-16-11-10-12-17-29)41(59)51-31(40(58)50-32)18-13-14-20-46/h10-12,16-17,28,31-34H,13-15,18-24,46H2,1-9H3,(H,49,57)(H,50,58)(H,51,59)(H,52,56)(H,53,60)(H3,47,48,54)/t28-,31-,32-,33+,34-/m0/s1. The van der Waals surface area contributed by atoms with Gasteiger partial charge in [0, 0.05) is 24.9 Å². The highest BCUT2D eigenvalue weighted by Crippen LogP contribution is 2.43. The number of carbonyl (C=O) groups excluding carboxylic acids is 6. The minimum absolute atomic E-state index is 0.0129. The molecule has 0 radical (unpaired) electrons. The molecule has 2 heterocycles. The van der Waals surface area contributed by atoms with Crippen LogP contribution in [0.1, 0.15) is 108 Å². The first-order valence-electron chi connectivity index (χ1n) is 21.9. The summed E-state index contributed by atoms with van der Waals surface area (Å²) in [7, 11) is -4.20. The molecule has 19 nitrogen and oxygen atoms in total. The number of aliphatic imine (C=N–C) groups is 1. The molecule has 4 rings (SSSR count). The van der Waals surface area contributed by atoms with Crippen molar-refractivity contribution in [3.05, 3.63) is 58.1 Å². The fraction of sp³-hybridized carbons (Fsp3) is 0.578. The molecular weight excluding hydrogens is 859 g/mol. The van der Waals surface area contributed by atoms with Gasteiger partial charge in [-0.15, -0.1) is 0 Å². The summed E-state index contributed by atoms with van der Waals surface area (Å²) < 4.78 is 41.4. The van der Waals surface area contributed by atoms with Crippen LogP contribution in [0.2, 0.25) is 0 Å². The molecule has 0 aliphatic carbocycles. The number of amides is 5. The fourth-order valence-corrected chi connectivity index (χ4v) is 9.23. The van der Waals surface area contributed by atoms with Crippen molar-refractivity contribution in [2.75, 3.05) is 13.1 Å². The van der Waals surface area contributed by atoms with Gasteiger partial charge in [-0.1, -0.05) is 30.3 Å². The number of hydrogen-bond donors (Lipinski definition) is 8. The fourth-order valence-electron chi connectivity index (χ4n) is 7.71. The highest BCUT2D eigenvalue weighted by molar-refractivity contribution is 7.90. The van der Waals surface area contributed by atoms with E-state index in [4.69, 9.17) is 20.9 Å². The summed E-state index contributed by atoms with van der Waals surface area (Å²) in [4.78, 5) is 86.8. The molecule has 0 unspecified atom stereocenters. The monoisotopic (exact) mass is 925 g/mol. The largest absolute Gasteiger partial charge is 0.487 e. The average molecular weight is 926 g/mol. The lowest BCUT2D eigenvalue weighted by Gasteiger charge is -2.26. The highest BCUT2D eigenvalue weighted by Gasteiger charge is 2.38.